The van der Waals surface area contributed by atoms with E-state index in [1.807, 2.05) is 12.1 Å². The van der Waals surface area contributed by atoms with Gasteiger partial charge in [-0.25, -0.2) is 4.79 Å². The third kappa shape index (κ3) is 4.28. The van der Waals surface area contributed by atoms with Gasteiger partial charge in [0, 0.05) is 5.56 Å². The second kappa shape index (κ2) is 7.99. The van der Waals surface area contributed by atoms with Gasteiger partial charge >= 0.3 is 5.97 Å². The number of halogens is 2. The maximum Gasteiger partial charge on any atom is 0.343 e. The van der Waals surface area contributed by atoms with Crippen LogP contribution in [0.5, 0.6) is 5.75 Å². The molecule has 0 amide bonds. The fraction of sp³-hybridized carbons (Fsp3) is 0.278. The van der Waals surface area contributed by atoms with E-state index in [9.17, 15) is 4.79 Å². The van der Waals surface area contributed by atoms with E-state index in [0.717, 1.165) is 32.8 Å². The van der Waals surface area contributed by atoms with E-state index >= 15 is 0 Å². The molecule has 1 aliphatic rings. The van der Waals surface area contributed by atoms with Crippen LogP contribution < -0.4 is 9.64 Å². The Morgan fingerprint density at radius 1 is 1.08 bits per heavy atom. The van der Waals surface area contributed by atoms with Crippen LogP contribution in [-0.2, 0) is 11.3 Å². The highest BCUT2D eigenvalue weighted by Gasteiger charge is 2.16. The summed E-state index contributed by atoms with van der Waals surface area (Å²) in [4.78, 5) is 13.7. The molecule has 0 bridgehead atoms. The molecule has 2 aromatic rings. The van der Waals surface area contributed by atoms with Crippen molar-refractivity contribution in [2.75, 3.05) is 26.3 Å². The van der Waals surface area contributed by atoms with Gasteiger partial charge in [-0.3, -0.25) is 0 Å². The SMILES string of the molecule is O=C(Oc1cccc(Cl)c1Cl)c1ccc(C[NH+]2CCOCC2)cc1. The van der Waals surface area contributed by atoms with Crippen molar-refractivity contribution in [1.82, 2.24) is 0 Å². The van der Waals surface area contributed by atoms with Gasteiger partial charge < -0.3 is 14.4 Å². The van der Waals surface area contributed by atoms with E-state index in [0.29, 0.717) is 10.6 Å². The van der Waals surface area contributed by atoms with Gasteiger partial charge in [-0.1, -0.05) is 41.4 Å². The number of morpholine rings is 1. The summed E-state index contributed by atoms with van der Waals surface area (Å²) in [6.07, 6.45) is 0. The number of carbonyl (C=O) groups excluding carboxylic acids is 1. The Kier molecular flexibility index (Phi) is 5.74. The van der Waals surface area contributed by atoms with Gasteiger partial charge in [0.2, 0.25) is 0 Å². The second-order valence-corrected chi connectivity index (χ2v) is 6.46. The molecule has 0 aromatic heterocycles. The van der Waals surface area contributed by atoms with Crippen molar-refractivity contribution in [3.63, 3.8) is 0 Å². The molecule has 0 spiro atoms. The van der Waals surface area contributed by atoms with Crippen molar-refractivity contribution in [1.29, 1.82) is 0 Å². The van der Waals surface area contributed by atoms with Crippen molar-refractivity contribution < 1.29 is 19.2 Å². The van der Waals surface area contributed by atoms with Gasteiger partial charge in [-0.15, -0.1) is 0 Å². The quantitative estimate of drug-likeness (QED) is 0.667. The molecular formula is C18H18Cl2NO3+. The minimum atomic E-state index is -0.454. The maximum absolute atomic E-state index is 12.2. The Hall–Kier alpha value is -1.59. The van der Waals surface area contributed by atoms with E-state index < -0.39 is 5.97 Å². The van der Waals surface area contributed by atoms with Gasteiger partial charge in [-0.05, 0) is 24.3 Å². The number of hydrogen-bond donors (Lipinski definition) is 1. The van der Waals surface area contributed by atoms with E-state index in [4.69, 9.17) is 32.7 Å². The van der Waals surface area contributed by atoms with E-state index in [1.165, 1.54) is 10.5 Å². The van der Waals surface area contributed by atoms with Crippen LogP contribution in [0.1, 0.15) is 15.9 Å². The molecule has 1 fully saturated rings. The zero-order valence-corrected chi connectivity index (χ0v) is 14.6. The Bertz CT molecular complexity index is 713. The highest BCUT2D eigenvalue weighted by molar-refractivity contribution is 6.43. The predicted molar refractivity (Wildman–Crippen MR) is 93.1 cm³/mol. The molecule has 0 saturated carbocycles. The summed E-state index contributed by atoms with van der Waals surface area (Å²) >= 11 is 12.0. The molecule has 1 saturated heterocycles. The second-order valence-electron chi connectivity index (χ2n) is 5.68. The van der Waals surface area contributed by atoms with Crippen LogP contribution in [0, 0.1) is 0 Å². The average molecular weight is 367 g/mol. The molecule has 1 aliphatic heterocycles. The lowest BCUT2D eigenvalue weighted by molar-refractivity contribution is -0.921. The fourth-order valence-corrected chi connectivity index (χ4v) is 2.94. The molecule has 0 radical (unpaired) electrons. The van der Waals surface area contributed by atoms with Crippen molar-refractivity contribution >= 4 is 29.2 Å². The topological polar surface area (TPSA) is 40.0 Å². The molecule has 24 heavy (non-hydrogen) atoms. The third-order valence-electron chi connectivity index (χ3n) is 3.96. The summed E-state index contributed by atoms with van der Waals surface area (Å²) in [5.74, 6) is -0.194. The minimum Gasteiger partial charge on any atom is -0.421 e. The number of ether oxygens (including phenoxy) is 2. The van der Waals surface area contributed by atoms with Crippen LogP contribution in [0.2, 0.25) is 10.0 Å². The van der Waals surface area contributed by atoms with Crippen molar-refractivity contribution in [2.45, 2.75) is 6.54 Å². The molecule has 0 unspecified atom stereocenters. The highest BCUT2D eigenvalue weighted by atomic mass is 35.5. The first-order chi connectivity index (χ1) is 11.6. The number of esters is 1. The van der Waals surface area contributed by atoms with Crippen LogP contribution in [0.25, 0.3) is 0 Å². The first kappa shape index (κ1) is 17.2. The standard InChI is InChI=1S/C18H17Cl2NO3/c19-15-2-1-3-16(17(15)20)24-18(22)14-6-4-13(5-7-14)12-21-8-10-23-11-9-21/h1-7H,8-12H2/p+1. The highest BCUT2D eigenvalue weighted by Crippen LogP contribution is 2.31. The first-order valence-electron chi connectivity index (χ1n) is 7.80. The molecule has 0 atom stereocenters. The molecule has 4 nitrogen and oxygen atoms in total. The number of quaternary nitrogens is 1. The predicted octanol–water partition coefficient (Wildman–Crippen LogP) is 2.63. The number of hydrogen-bond acceptors (Lipinski definition) is 3. The summed E-state index contributed by atoms with van der Waals surface area (Å²) in [7, 11) is 0. The van der Waals surface area contributed by atoms with Crippen LogP contribution in [0.4, 0.5) is 0 Å². The molecule has 2 aromatic carbocycles. The zero-order chi connectivity index (χ0) is 16.9. The molecule has 126 valence electrons. The zero-order valence-electron chi connectivity index (χ0n) is 13.1. The Labute approximate surface area is 150 Å². The molecule has 3 rings (SSSR count). The van der Waals surface area contributed by atoms with Crippen LogP contribution in [0.15, 0.2) is 42.5 Å². The normalized spacial score (nSPS) is 15.2. The van der Waals surface area contributed by atoms with Gasteiger partial charge in [0.1, 0.15) is 24.7 Å². The summed E-state index contributed by atoms with van der Waals surface area (Å²) in [5, 5.41) is 0.589. The van der Waals surface area contributed by atoms with E-state index in [2.05, 4.69) is 0 Å². The number of benzene rings is 2. The summed E-state index contributed by atoms with van der Waals surface area (Å²) in [6.45, 7) is 4.56. The first-order valence-corrected chi connectivity index (χ1v) is 8.55. The third-order valence-corrected chi connectivity index (χ3v) is 4.76. The lowest BCUT2D eigenvalue weighted by Gasteiger charge is -2.23. The smallest absolute Gasteiger partial charge is 0.343 e. The number of nitrogens with one attached hydrogen (secondary N) is 1. The Morgan fingerprint density at radius 2 is 1.79 bits per heavy atom. The Balaban J connectivity index is 1.64. The number of carbonyl (C=O) groups is 1. The summed E-state index contributed by atoms with van der Waals surface area (Å²) in [6, 6.07) is 12.4. The fourth-order valence-electron chi connectivity index (χ4n) is 2.61. The van der Waals surface area contributed by atoms with Crippen molar-refractivity contribution in [2.24, 2.45) is 0 Å². The van der Waals surface area contributed by atoms with Crippen LogP contribution in [-0.4, -0.2) is 32.3 Å². The number of rotatable bonds is 4. The minimum absolute atomic E-state index is 0.236. The molecule has 1 N–H and O–H groups in total. The van der Waals surface area contributed by atoms with Gasteiger partial charge in [0.15, 0.2) is 5.75 Å². The van der Waals surface area contributed by atoms with Crippen LogP contribution in [0.3, 0.4) is 0 Å². The molecular weight excluding hydrogens is 349 g/mol. The maximum atomic E-state index is 12.2. The lowest BCUT2D eigenvalue weighted by atomic mass is 10.1. The summed E-state index contributed by atoms with van der Waals surface area (Å²) < 4.78 is 10.7. The largest absolute Gasteiger partial charge is 0.421 e. The van der Waals surface area contributed by atoms with Gasteiger partial charge in [-0.2, -0.15) is 0 Å². The van der Waals surface area contributed by atoms with Crippen LogP contribution >= 0.6 is 23.2 Å². The van der Waals surface area contributed by atoms with Crippen molar-refractivity contribution in [3.05, 3.63) is 63.6 Å². The van der Waals surface area contributed by atoms with E-state index in [1.54, 1.807) is 30.3 Å². The summed E-state index contributed by atoms with van der Waals surface area (Å²) in [5.41, 5.74) is 1.66. The van der Waals surface area contributed by atoms with Gasteiger partial charge in [0.25, 0.3) is 0 Å². The van der Waals surface area contributed by atoms with E-state index in [-0.39, 0.29) is 10.8 Å². The molecule has 6 heteroatoms. The molecule has 0 aliphatic carbocycles. The van der Waals surface area contributed by atoms with Crippen molar-refractivity contribution in [3.8, 4) is 5.75 Å². The van der Waals surface area contributed by atoms with Gasteiger partial charge in [0.05, 0.1) is 23.8 Å². The average Bonchev–Trinajstić information content (AvgIpc) is 2.60. The Morgan fingerprint density at radius 3 is 2.50 bits per heavy atom. The monoisotopic (exact) mass is 366 g/mol. The lowest BCUT2D eigenvalue weighted by Crippen LogP contribution is -3.12. The molecule has 1 heterocycles.